The Kier molecular flexibility index (Phi) is 5.85. The first-order valence-corrected chi connectivity index (χ1v) is 9.80. The summed E-state index contributed by atoms with van der Waals surface area (Å²) in [6.45, 7) is 0.632. The molecule has 9 heteroatoms. The molecule has 0 radical (unpaired) electrons. The van der Waals surface area contributed by atoms with Gasteiger partial charge in [0, 0.05) is 18.5 Å². The zero-order valence-corrected chi connectivity index (χ0v) is 15.1. The normalized spacial score (nSPS) is 14.8. The van der Waals surface area contributed by atoms with E-state index in [1.165, 1.54) is 31.7 Å². The van der Waals surface area contributed by atoms with Crippen LogP contribution in [0.15, 0.2) is 23.5 Å². The van der Waals surface area contributed by atoms with Crippen molar-refractivity contribution in [3.63, 3.8) is 0 Å². The largest absolute Gasteiger partial charge is 0.357 e. The second kappa shape index (κ2) is 8.28. The van der Waals surface area contributed by atoms with Gasteiger partial charge in [0.2, 0.25) is 0 Å². The number of anilines is 1. The van der Waals surface area contributed by atoms with Crippen LogP contribution in [0, 0.1) is 10.1 Å². The zero-order chi connectivity index (χ0) is 17.6. The van der Waals surface area contributed by atoms with E-state index in [1.54, 1.807) is 24.0 Å². The summed E-state index contributed by atoms with van der Waals surface area (Å²) in [5, 5.41) is 23.8. The summed E-state index contributed by atoms with van der Waals surface area (Å²) in [4.78, 5) is 13.5. The smallest absolute Gasteiger partial charge is 0.303 e. The minimum Gasteiger partial charge on any atom is -0.303 e. The molecule has 0 bridgehead atoms. The number of aromatic nitrogens is 4. The van der Waals surface area contributed by atoms with E-state index in [2.05, 4.69) is 25.1 Å². The molecule has 134 valence electrons. The fraction of sp³-hybridized carbons (Fsp3) is 0.562. The topological polar surface area (TPSA) is 100 Å². The molecule has 2 aromatic heterocycles. The summed E-state index contributed by atoms with van der Waals surface area (Å²) in [5.41, 5.74) is 0.0568. The fourth-order valence-corrected chi connectivity index (χ4v) is 3.90. The molecule has 0 amide bonds. The third kappa shape index (κ3) is 4.09. The highest BCUT2D eigenvalue weighted by Crippen LogP contribution is 2.33. The van der Waals surface area contributed by atoms with Crippen LogP contribution >= 0.6 is 11.8 Å². The average molecular weight is 363 g/mol. The van der Waals surface area contributed by atoms with Crippen molar-refractivity contribution in [1.82, 2.24) is 14.8 Å². The summed E-state index contributed by atoms with van der Waals surface area (Å²) < 4.78 is 2.30. The molecule has 8 nitrogen and oxygen atoms in total. The first-order valence-electron chi connectivity index (χ1n) is 8.57. The van der Waals surface area contributed by atoms with Crippen LogP contribution in [-0.2, 0) is 6.42 Å². The SMILES string of the molecule is CSc1nnc(CCCNc2[nH+]cccc2[N+](=O)[O-])n1C1CCCC1. The number of nitrogens with zero attached hydrogens (tertiary/aromatic N) is 4. The number of nitrogens with one attached hydrogen (secondary N) is 2. The van der Waals surface area contributed by atoms with Gasteiger partial charge in [0.15, 0.2) is 5.16 Å². The van der Waals surface area contributed by atoms with E-state index in [0.29, 0.717) is 18.4 Å². The van der Waals surface area contributed by atoms with Crippen molar-refractivity contribution in [3.05, 3.63) is 34.3 Å². The Balaban J connectivity index is 1.60. The molecule has 1 aliphatic carbocycles. The summed E-state index contributed by atoms with van der Waals surface area (Å²) in [6.07, 6.45) is 10.3. The predicted octanol–water partition coefficient (Wildman–Crippen LogP) is 2.88. The summed E-state index contributed by atoms with van der Waals surface area (Å²) in [7, 11) is 0. The van der Waals surface area contributed by atoms with Gasteiger partial charge >= 0.3 is 11.5 Å². The molecule has 2 heterocycles. The number of pyridine rings is 1. The Morgan fingerprint density at radius 2 is 2.24 bits per heavy atom. The van der Waals surface area contributed by atoms with Gasteiger partial charge in [0.05, 0.1) is 17.7 Å². The van der Waals surface area contributed by atoms with E-state index in [1.807, 2.05) is 6.26 Å². The van der Waals surface area contributed by atoms with E-state index in [9.17, 15) is 10.1 Å². The summed E-state index contributed by atoms with van der Waals surface area (Å²) >= 11 is 1.64. The third-order valence-corrected chi connectivity index (χ3v) is 5.16. The molecule has 1 aliphatic rings. The first kappa shape index (κ1) is 17.7. The van der Waals surface area contributed by atoms with Crippen molar-refractivity contribution >= 4 is 23.3 Å². The Bertz CT molecular complexity index is 729. The molecular formula is C16H23N6O2S+. The van der Waals surface area contributed by atoms with Gasteiger partial charge in [-0.25, -0.2) is 4.98 Å². The van der Waals surface area contributed by atoms with Gasteiger partial charge in [-0.05, 0) is 31.6 Å². The maximum atomic E-state index is 11.0. The Morgan fingerprint density at radius 3 is 2.96 bits per heavy atom. The number of aromatic amines is 1. The highest BCUT2D eigenvalue weighted by molar-refractivity contribution is 7.98. The minimum atomic E-state index is -0.389. The number of H-pyrrole nitrogens is 1. The van der Waals surface area contributed by atoms with Crippen LogP contribution in [0.1, 0.15) is 44.0 Å². The highest BCUT2D eigenvalue weighted by Gasteiger charge is 2.24. The number of rotatable bonds is 8. The lowest BCUT2D eigenvalue weighted by Crippen LogP contribution is -2.17. The summed E-state index contributed by atoms with van der Waals surface area (Å²) in [5.74, 6) is 1.46. The molecule has 1 saturated carbocycles. The molecule has 0 atom stereocenters. The Labute approximate surface area is 150 Å². The van der Waals surface area contributed by atoms with Crippen molar-refractivity contribution in [3.8, 4) is 0 Å². The van der Waals surface area contributed by atoms with Gasteiger partial charge in [-0.2, -0.15) is 0 Å². The molecule has 0 saturated heterocycles. The molecule has 0 aliphatic heterocycles. The lowest BCUT2D eigenvalue weighted by atomic mass is 10.2. The molecule has 2 N–H and O–H groups in total. The van der Waals surface area contributed by atoms with Crippen molar-refractivity contribution in [2.75, 3.05) is 18.1 Å². The monoisotopic (exact) mass is 363 g/mol. The van der Waals surface area contributed by atoms with Crippen molar-refractivity contribution < 1.29 is 9.91 Å². The van der Waals surface area contributed by atoms with E-state index < -0.39 is 0 Å². The van der Waals surface area contributed by atoms with Gasteiger partial charge in [-0.15, -0.1) is 10.2 Å². The van der Waals surface area contributed by atoms with Crippen LogP contribution in [-0.4, -0.2) is 32.5 Å². The predicted molar refractivity (Wildman–Crippen MR) is 95.8 cm³/mol. The van der Waals surface area contributed by atoms with Crippen LogP contribution in [0.3, 0.4) is 0 Å². The van der Waals surface area contributed by atoms with E-state index in [4.69, 9.17) is 0 Å². The quantitative estimate of drug-likeness (QED) is 0.335. The van der Waals surface area contributed by atoms with Crippen molar-refractivity contribution in [1.29, 1.82) is 0 Å². The standard InChI is InChI=1S/C16H22N6O2S/c1-25-16-20-19-14(21(16)12-6-2-3-7-12)9-5-11-18-15-13(22(23)24)8-4-10-17-15/h4,8,10,12H,2-3,5-7,9,11H2,1H3,(H,17,18)/p+1. The molecule has 0 unspecified atom stereocenters. The number of nitro groups is 1. The van der Waals surface area contributed by atoms with Gasteiger partial charge in [0.1, 0.15) is 5.82 Å². The average Bonchev–Trinajstić information content (AvgIpc) is 3.27. The third-order valence-electron chi connectivity index (χ3n) is 4.52. The van der Waals surface area contributed by atoms with Crippen LogP contribution in [0.4, 0.5) is 11.5 Å². The summed E-state index contributed by atoms with van der Waals surface area (Å²) in [6, 6.07) is 3.63. The van der Waals surface area contributed by atoms with Gasteiger partial charge in [-0.1, -0.05) is 24.6 Å². The molecule has 3 rings (SSSR count). The van der Waals surface area contributed by atoms with Gasteiger partial charge < -0.3 is 4.57 Å². The highest BCUT2D eigenvalue weighted by atomic mass is 32.2. The van der Waals surface area contributed by atoms with Gasteiger partial charge in [-0.3, -0.25) is 15.4 Å². The molecular weight excluding hydrogens is 340 g/mol. The van der Waals surface area contributed by atoms with Crippen molar-refractivity contribution in [2.24, 2.45) is 0 Å². The minimum absolute atomic E-state index is 0.0568. The first-order chi connectivity index (χ1) is 12.2. The second-order valence-corrected chi connectivity index (χ2v) is 6.90. The lowest BCUT2D eigenvalue weighted by Gasteiger charge is -2.16. The maximum absolute atomic E-state index is 11.0. The van der Waals surface area contributed by atoms with E-state index in [0.717, 1.165) is 23.8 Å². The Hall–Kier alpha value is -2.16. The molecule has 0 aromatic carbocycles. The molecule has 2 aromatic rings. The number of thioether (sulfide) groups is 1. The fourth-order valence-electron chi connectivity index (χ4n) is 3.33. The second-order valence-electron chi connectivity index (χ2n) is 6.13. The number of hydrogen-bond donors (Lipinski definition) is 1. The van der Waals surface area contributed by atoms with Crippen LogP contribution in [0.2, 0.25) is 0 Å². The van der Waals surface area contributed by atoms with E-state index >= 15 is 0 Å². The van der Waals surface area contributed by atoms with E-state index in [-0.39, 0.29) is 10.6 Å². The Morgan fingerprint density at radius 1 is 1.44 bits per heavy atom. The zero-order valence-electron chi connectivity index (χ0n) is 14.3. The van der Waals surface area contributed by atoms with Crippen LogP contribution in [0.25, 0.3) is 0 Å². The van der Waals surface area contributed by atoms with Crippen LogP contribution in [0.5, 0.6) is 0 Å². The molecule has 1 fully saturated rings. The number of hydrogen-bond acceptors (Lipinski definition) is 6. The van der Waals surface area contributed by atoms with Crippen LogP contribution < -0.4 is 10.3 Å². The van der Waals surface area contributed by atoms with Gasteiger partial charge in [0.25, 0.3) is 0 Å². The number of aryl methyl sites for hydroxylation is 1. The maximum Gasteiger partial charge on any atom is 0.357 e. The van der Waals surface area contributed by atoms with Crippen molar-refractivity contribution in [2.45, 2.75) is 49.7 Å². The lowest BCUT2D eigenvalue weighted by molar-refractivity contribution is -0.409. The molecule has 25 heavy (non-hydrogen) atoms. The molecule has 0 spiro atoms.